The van der Waals surface area contributed by atoms with Crippen molar-refractivity contribution in [1.29, 1.82) is 0 Å². The maximum Gasteiger partial charge on any atom is 0.292 e. The van der Waals surface area contributed by atoms with Crippen molar-refractivity contribution in [3.8, 4) is 11.1 Å². The van der Waals surface area contributed by atoms with Crippen LogP contribution in [0.5, 0.6) is 0 Å². The van der Waals surface area contributed by atoms with Gasteiger partial charge < -0.3 is 24.5 Å². The molecule has 0 spiro atoms. The highest BCUT2D eigenvalue weighted by Gasteiger charge is 2.39. The molecule has 9 nitrogen and oxygen atoms in total. The number of hydrogen-bond acceptors (Lipinski definition) is 7. The number of anilines is 1. The zero-order chi connectivity index (χ0) is 20.2. The molecule has 2 saturated heterocycles. The number of nitrogen functional groups attached to an aromatic ring is 1. The number of benzene rings is 1. The SMILES string of the molecule is Nc1nc2cc(-c3ccc4ncc(C(=O)N5C[C@@H]6OCCO[C@@H]6C5)n4c3)ccc2o1. The molecule has 2 fully saturated rings. The zero-order valence-corrected chi connectivity index (χ0v) is 16.0. The second-order valence-electron chi connectivity index (χ2n) is 7.55. The summed E-state index contributed by atoms with van der Waals surface area (Å²) >= 11 is 0. The summed E-state index contributed by atoms with van der Waals surface area (Å²) in [7, 11) is 0. The molecular formula is C21H19N5O4. The number of aromatic nitrogens is 3. The lowest BCUT2D eigenvalue weighted by Gasteiger charge is -2.24. The van der Waals surface area contributed by atoms with E-state index in [1.54, 1.807) is 11.1 Å². The van der Waals surface area contributed by atoms with E-state index in [0.29, 0.717) is 48.7 Å². The number of imidazole rings is 1. The fourth-order valence-electron chi connectivity index (χ4n) is 4.23. The maximum absolute atomic E-state index is 13.2. The molecule has 152 valence electrons. The van der Waals surface area contributed by atoms with Gasteiger partial charge in [-0.3, -0.25) is 9.20 Å². The Morgan fingerprint density at radius 2 is 1.83 bits per heavy atom. The molecular weight excluding hydrogens is 386 g/mol. The predicted molar refractivity (Wildman–Crippen MR) is 108 cm³/mol. The third-order valence-electron chi connectivity index (χ3n) is 5.71. The first-order chi connectivity index (χ1) is 14.7. The number of nitrogens with two attached hydrogens (primary N) is 1. The lowest BCUT2D eigenvalue weighted by Crippen LogP contribution is -2.36. The largest absolute Gasteiger partial charge is 0.424 e. The van der Waals surface area contributed by atoms with Crippen molar-refractivity contribution in [2.24, 2.45) is 0 Å². The molecule has 2 atom stereocenters. The summed E-state index contributed by atoms with van der Waals surface area (Å²) in [6.07, 6.45) is 3.42. The lowest BCUT2D eigenvalue weighted by atomic mass is 10.1. The Balaban J connectivity index is 1.35. The van der Waals surface area contributed by atoms with Gasteiger partial charge in [-0.1, -0.05) is 6.07 Å². The van der Waals surface area contributed by atoms with Gasteiger partial charge in [0.25, 0.3) is 11.9 Å². The van der Waals surface area contributed by atoms with Crippen LogP contribution in [0, 0.1) is 0 Å². The van der Waals surface area contributed by atoms with Crippen molar-refractivity contribution in [2.75, 3.05) is 32.0 Å². The zero-order valence-electron chi connectivity index (χ0n) is 16.0. The lowest BCUT2D eigenvalue weighted by molar-refractivity contribution is -0.116. The van der Waals surface area contributed by atoms with E-state index in [4.69, 9.17) is 19.6 Å². The minimum atomic E-state index is -0.0824. The van der Waals surface area contributed by atoms with Crippen molar-refractivity contribution in [3.05, 3.63) is 48.4 Å². The van der Waals surface area contributed by atoms with E-state index in [1.807, 2.05) is 40.9 Å². The molecule has 0 bridgehead atoms. The minimum absolute atomic E-state index is 0.0564. The third-order valence-corrected chi connectivity index (χ3v) is 5.71. The van der Waals surface area contributed by atoms with Crippen LogP contribution >= 0.6 is 0 Å². The van der Waals surface area contributed by atoms with Gasteiger partial charge in [0.05, 0.1) is 19.4 Å². The van der Waals surface area contributed by atoms with Gasteiger partial charge in [0, 0.05) is 19.3 Å². The van der Waals surface area contributed by atoms with Gasteiger partial charge in [-0.2, -0.15) is 4.98 Å². The summed E-state index contributed by atoms with van der Waals surface area (Å²) in [5, 5.41) is 0. The molecule has 9 heteroatoms. The molecule has 0 aliphatic carbocycles. The fraction of sp³-hybridized carbons (Fsp3) is 0.286. The molecule has 0 unspecified atom stereocenters. The van der Waals surface area contributed by atoms with Crippen LogP contribution in [0.3, 0.4) is 0 Å². The second kappa shape index (κ2) is 6.54. The number of ether oxygens (including phenoxy) is 2. The first kappa shape index (κ1) is 17.4. The van der Waals surface area contributed by atoms with Gasteiger partial charge in [0.1, 0.15) is 29.1 Å². The summed E-state index contributed by atoms with van der Waals surface area (Å²) in [6.45, 7) is 2.20. The Morgan fingerprint density at radius 3 is 2.63 bits per heavy atom. The first-order valence-electron chi connectivity index (χ1n) is 9.82. The number of carbonyl (C=O) groups excluding carboxylic acids is 1. The van der Waals surface area contributed by atoms with E-state index in [1.165, 1.54) is 0 Å². The van der Waals surface area contributed by atoms with Crippen LogP contribution < -0.4 is 5.73 Å². The Morgan fingerprint density at radius 1 is 1.07 bits per heavy atom. The summed E-state index contributed by atoms with van der Waals surface area (Å²) < 4.78 is 18.6. The van der Waals surface area contributed by atoms with Gasteiger partial charge in [-0.05, 0) is 35.4 Å². The Kier molecular flexibility index (Phi) is 3.80. The molecule has 1 aromatic carbocycles. The molecule has 2 aliphatic heterocycles. The average Bonchev–Trinajstić information content (AvgIpc) is 3.47. The van der Waals surface area contributed by atoms with Crippen molar-refractivity contribution in [1.82, 2.24) is 19.3 Å². The van der Waals surface area contributed by atoms with Crippen molar-refractivity contribution in [3.63, 3.8) is 0 Å². The van der Waals surface area contributed by atoms with Crippen molar-refractivity contribution in [2.45, 2.75) is 12.2 Å². The number of fused-ring (bicyclic) bond motifs is 3. The van der Waals surface area contributed by atoms with E-state index < -0.39 is 0 Å². The molecule has 1 amide bonds. The van der Waals surface area contributed by atoms with E-state index in [-0.39, 0.29) is 24.1 Å². The summed E-state index contributed by atoms with van der Waals surface area (Å²) in [5.41, 5.74) is 10.1. The molecule has 4 aromatic rings. The number of amides is 1. The Labute approximate surface area is 171 Å². The molecule has 2 aliphatic rings. The molecule has 5 heterocycles. The number of likely N-dealkylation sites (tertiary alicyclic amines) is 1. The quantitative estimate of drug-likeness (QED) is 0.543. The number of carbonyl (C=O) groups is 1. The number of hydrogen-bond donors (Lipinski definition) is 1. The normalized spacial score (nSPS) is 21.4. The average molecular weight is 405 g/mol. The highest BCUT2D eigenvalue weighted by Crippen LogP contribution is 2.27. The van der Waals surface area contributed by atoms with Crippen LogP contribution in [-0.4, -0.2) is 63.7 Å². The molecule has 30 heavy (non-hydrogen) atoms. The number of oxazole rings is 1. The third kappa shape index (κ3) is 2.74. The van der Waals surface area contributed by atoms with Gasteiger partial charge in [0.15, 0.2) is 5.58 Å². The highest BCUT2D eigenvalue weighted by molar-refractivity contribution is 5.94. The van der Waals surface area contributed by atoms with Gasteiger partial charge in [0.2, 0.25) is 0 Å². The maximum atomic E-state index is 13.2. The van der Waals surface area contributed by atoms with Crippen LogP contribution in [0.2, 0.25) is 0 Å². The van der Waals surface area contributed by atoms with Gasteiger partial charge in [-0.25, -0.2) is 4.98 Å². The number of nitrogens with zero attached hydrogens (tertiary/aromatic N) is 4. The van der Waals surface area contributed by atoms with Crippen LogP contribution in [0.25, 0.3) is 27.9 Å². The topological polar surface area (TPSA) is 108 Å². The number of pyridine rings is 1. The van der Waals surface area contributed by atoms with Crippen LogP contribution in [-0.2, 0) is 9.47 Å². The highest BCUT2D eigenvalue weighted by atomic mass is 16.6. The van der Waals surface area contributed by atoms with Crippen LogP contribution in [0.4, 0.5) is 6.01 Å². The van der Waals surface area contributed by atoms with Crippen molar-refractivity contribution >= 4 is 28.7 Å². The summed E-state index contributed by atoms with van der Waals surface area (Å²) in [5.74, 6) is -0.0824. The Hall–Kier alpha value is -3.43. The van der Waals surface area contributed by atoms with E-state index in [9.17, 15) is 4.79 Å². The first-order valence-corrected chi connectivity index (χ1v) is 9.82. The second-order valence-corrected chi connectivity index (χ2v) is 7.55. The molecule has 0 radical (unpaired) electrons. The van der Waals surface area contributed by atoms with Gasteiger partial charge >= 0.3 is 0 Å². The van der Waals surface area contributed by atoms with E-state index in [0.717, 1.165) is 11.1 Å². The Bertz CT molecular complexity index is 1270. The van der Waals surface area contributed by atoms with E-state index in [2.05, 4.69) is 9.97 Å². The smallest absolute Gasteiger partial charge is 0.292 e. The van der Waals surface area contributed by atoms with E-state index >= 15 is 0 Å². The van der Waals surface area contributed by atoms with Crippen LogP contribution in [0.1, 0.15) is 10.5 Å². The van der Waals surface area contributed by atoms with Crippen molar-refractivity contribution < 1.29 is 18.7 Å². The summed E-state index contributed by atoms with van der Waals surface area (Å²) in [4.78, 5) is 23.6. The molecule has 6 rings (SSSR count). The predicted octanol–water partition coefficient (Wildman–Crippen LogP) is 1.96. The standard InChI is InChI=1S/C21H19N5O4/c22-21-24-14-7-12(1-3-16(14)30-21)13-2-4-19-23-8-15(26(19)9-13)20(27)25-10-17-18(11-25)29-6-5-28-17/h1-4,7-9,17-18H,5-6,10-11H2,(H2,22,24)/t17-,18+. The summed E-state index contributed by atoms with van der Waals surface area (Å²) in [6, 6.07) is 9.68. The number of rotatable bonds is 2. The molecule has 0 saturated carbocycles. The fourth-order valence-corrected chi connectivity index (χ4v) is 4.23. The minimum Gasteiger partial charge on any atom is -0.424 e. The van der Waals surface area contributed by atoms with Gasteiger partial charge in [-0.15, -0.1) is 0 Å². The monoisotopic (exact) mass is 405 g/mol. The van der Waals surface area contributed by atoms with Crippen LogP contribution in [0.15, 0.2) is 47.1 Å². The molecule has 2 N–H and O–H groups in total. The molecule has 3 aromatic heterocycles.